The largest absolute Gasteiger partial charge is 0.400 e. The van der Waals surface area contributed by atoms with Gasteiger partial charge in [0.25, 0.3) is 0 Å². The molecule has 2 N–H and O–H groups in total. The molecule has 340 valence electrons. The summed E-state index contributed by atoms with van der Waals surface area (Å²) in [7, 11) is 1.00. The fourth-order valence-electron chi connectivity index (χ4n) is 4.08. The van der Waals surface area contributed by atoms with E-state index in [9.17, 15) is 0 Å². The first-order valence-corrected chi connectivity index (χ1v) is 23.4. The lowest BCUT2D eigenvalue weighted by Crippen LogP contribution is -2.10. The van der Waals surface area contributed by atoms with Gasteiger partial charge in [0.15, 0.2) is 0 Å². The number of hydrogen-bond donors (Lipinski definition) is 2. The molecule has 0 aromatic carbocycles. The van der Waals surface area contributed by atoms with Crippen molar-refractivity contribution < 1.29 is 10.2 Å². The molecule has 1 aliphatic carbocycles. The second-order valence-electron chi connectivity index (χ2n) is 14.2. The SMILES string of the molecule is C=C(C)CCC.C=CC(C)CN=C.CC.CC.CC.CC.CC.CC(C)(C)CC1(C)CC1.CCCC(C)CC.CCCCCCCC.CCCCO.CO. The lowest BCUT2D eigenvalue weighted by atomic mass is 9.84. The third-order valence-electron chi connectivity index (χ3n) is 7.00. The first kappa shape index (κ1) is 81.3. The maximum Gasteiger partial charge on any atom is 0.0442 e. The third-order valence-corrected chi connectivity index (χ3v) is 7.00. The summed E-state index contributed by atoms with van der Waals surface area (Å²) in [6, 6.07) is 0. The fourth-order valence-corrected chi connectivity index (χ4v) is 4.08. The Morgan fingerprint density at radius 1 is 0.704 bits per heavy atom. The number of hydrogen-bond acceptors (Lipinski definition) is 3. The van der Waals surface area contributed by atoms with Gasteiger partial charge in [-0.05, 0) is 68.4 Å². The fraction of sp³-hybridized carbons (Fsp3) is 0.902. The number of aliphatic hydroxyl groups excluding tert-OH is 2. The van der Waals surface area contributed by atoms with Crippen LogP contribution in [0.5, 0.6) is 0 Å². The van der Waals surface area contributed by atoms with Gasteiger partial charge in [0.1, 0.15) is 0 Å². The van der Waals surface area contributed by atoms with Crippen LogP contribution in [-0.4, -0.2) is 37.2 Å². The molecule has 0 aromatic heterocycles. The quantitative estimate of drug-likeness (QED) is 0.0931. The minimum atomic E-state index is 0.344. The van der Waals surface area contributed by atoms with Crippen molar-refractivity contribution in [3.63, 3.8) is 0 Å². The molecule has 3 nitrogen and oxygen atoms in total. The Morgan fingerprint density at radius 3 is 1.17 bits per heavy atom. The number of unbranched alkanes of at least 4 members (excludes halogenated alkanes) is 6. The standard InChI is InChI=1S/C9H18.C8H18.C7H16.C6H11N.C6H12.C4H10O.5C2H6.CH4O/c1-8(2,3)7-9(4)5-6-9;1-3-5-7-8-6-4-2;1-4-6-7(3)5-2;1-4-6(2)5-7-3;1-4-5-6(2)3;1-2-3-4-5;6*1-2/h5-7H2,1-4H3;3-8H2,1-2H3;7H,4-6H2,1-3H3;4,6H,1,3,5H2,2H3;2,4-5H2,1,3H3;5H,2-4H2,1H3;5*1-2H3;2H,1H3. The molecule has 1 rings (SSSR count). The molecule has 54 heavy (non-hydrogen) atoms. The summed E-state index contributed by atoms with van der Waals surface area (Å²) in [6.07, 6.45) is 23.2. The van der Waals surface area contributed by atoms with E-state index in [2.05, 4.69) is 115 Å². The monoisotopic (exact) mass is 778 g/mol. The van der Waals surface area contributed by atoms with Crippen LogP contribution in [0, 0.1) is 22.7 Å². The van der Waals surface area contributed by atoms with Crippen molar-refractivity contribution in [3.05, 3.63) is 24.8 Å². The summed E-state index contributed by atoms with van der Waals surface area (Å²) in [5.41, 5.74) is 2.57. The van der Waals surface area contributed by atoms with E-state index in [1.54, 1.807) is 0 Å². The first-order chi connectivity index (χ1) is 25.6. The van der Waals surface area contributed by atoms with Gasteiger partial charge in [0, 0.05) is 20.3 Å². The van der Waals surface area contributed by atoms with Gasteiger partial charge in [0.05, 0.1) is 0 Å². The van der Waals surface area contributed by atoms with Gasteiger partial charge in [-0.1, -0.05) is 235 Å². The van der Waals surface area contributed by atoms with Gasteiger partial charge >= 0.3 is 0 Å². The van der Waals surface area contributed by atoms with Crippen LogP contribution in [-0.2, 0) is 0 Å². The van der Waals surface area contributed by atoms with E-state index in [1.165, 1.54) is 95.5 Å². The van der Waals surface area contributed by atoms with Crippen molar-refractivity contribution in [2.75, 3.05) is 20.3 Å². The summed E-state index contributed by atoms with van der Waals surface area (Å²) < 4.78 is 0. The summed E-state index contributed by atoms with van der Waals surface area (Å²) in [4.78, 5) is 3.69. The molecular formula is C51H119NO2. The second-order valence-corrected chi connectivity index (χ2v) is 14.2. The lowest BCUT2D eigenvalue weighted by molar-refractivity contribution is 0.287. The van der Waals surface area contributed by atoms with Crippen LogP contribution in [0.2, 0.25) is 0 Å². The van der Waals surface area contributed by atoms with Crippen molar-refractivity contribution in [2.45, 2.75) is 262 Å². The molecule has 1 fully saturated rings. The second kappa shape index (κ2) is 84.6. The van der Waals surface area contributed by atoms with Crippen molar-refractivity contribution >= 4 is 6.72 Å². The minimum Gasteiger partial charge on any atom is -0.400 e. The maximum absolute atomic E-state index is 8.07. The Hall–Kier alpha value is -0.930. The molecule has 0 bridgehead atoms. The van der Waals surface area contributed by atoms with E-state index in [0.29, 0.717) is 17.9 Å². The zero-order valence-corrected chi connectivity index (χ0v) is 43.4. The van der Waals surface area contributed by atoms with Crippen LogP contribution < -0.4 is 0 Å². The topological polar surface area (TPSA) is 52.8 Å². The van der Waals surface area contributed by atoms with E-state index < -0.39 is 0 Å². The predicted molar refractivity (Wildman–Crippen MR) is 265 cm³/mol. The summed E-state index contributed by atoms with van der Waals surface area (Å²) in [6.45, 7) is 60.9. The molecule has 0 saturated heterocycles. The van der Waals surface area contributed by atoms with Crippen molar-refractivity contribution in [2.24, 2.45) is 27.7 Å². The molecule has 0 heterocycles. The van der Waals surface area contributed by atoms with Crippen LogP contribution in [0.1, 0.15) is 262 Å². The van der Waals surface area contributed by atoms with Crippen LogP contribution in [0.15, 0.2) is 29.8 Å². The van der Waals surface area contributed by atoms with E-state index in [-0.39, 0.29) is 0 Å². The van der Waals surface area contributed by atoms with E-state index >= 15 is 0 Å². The van der Waals surface area contributed by atoms with Gasteiger partial charge in [0.2, 0.25) is 0 Å². The molecule has 0 amide bonds. The third kappa shape index (κ3) is 142. The number of rotatable bonds is 16. The van der Waals surface area contributed by atoms with Crippen molar-refractivity contribution in [1.29, 1.82) is 0 Å². The number of aliphatic imine (C=N–C) groups is 1. The Labute approximate surface area is 350 Å². The molecule has 0 radical (unpaired) electrons. The number of allylic oxidation sites excluding steroid dienone is 1. The van der Waals surface area contributed by atoms with Crippen molar-refractivity contribution in [3.8, 4) is 0 Å². The molecule has 0 aliphatic heterocycles. The average molecular weight is 779 g/mol. The highest BCUT2D eigenvalue weighted by atomic mass is 16.3. The van der Waals surface area contributed by atoms with Gasteiger partial charge in [-0.3, -0.25) is 0 Å². The zero-order chi connectivity index (χ0) is 45.9. The van der Waals surface area contributed by atoms with Crippen LogP contribution >= 0.6 is 0 Å². The highest BCUT2D eigenvalue weighted by molar-refractivity contribution is 5.23. The molecule has 0 spiro atoms. The molecule has 1 aliphatic rings. The van der Waals surface area contributed by atoms with E-state index in [4.69, 9.17) is 10.2 Å². The Morgan fingerprint density at radius 2 is 1.07 bits per heavy atom. The van der Waals surface area contributed by atoms with Crippen LogP contribution in [0.3, 0.4) is 0 Å². The molecule has 2 atom stereocenters. The summed E-state index contributed by atoms with van der Waals surface area (Å²) in [5, 5.41) is 15.1. The summed E-state index contributed by atoms with van der Waals surface area (Å²) >= 11 is 0. The van der Waals surface area contributed by atoms with Crippen molar-refractivity contribution in [1.82, 2.24) is 0 Å². The van der Waals surface area contributed by atoms with Gasteiger partial charge in [-0.2, -0.15) is 0 Å². The predicted octanol–water partition coefficient (Wildman–Crippen LogP) is 18.8. The molecule has 3 heteroatoms. The van der Waals surface area contributed by atoms with Crippen LogP contribution in [0.25, 0.3) is 0 Å². The first-order valence-electron chi connectivity index (χ1n) is 23.4. The Balaban J connectivity index is -0.0000000434. The van der Waals surface area contributed by atoms with Gasteiger partial charge in [-0.25, -0.2) is 0 Å². The molecule has 1 saturated carbocycles. The molecule has 2 unspecified atom stereocenters. The van der Waals surface area contributed by atoms with Gasteiger partial charge < -0.3 is 15.2 Å². The van der Waals surface area contributed by atoms with Crippen LogP contribution in [0.4, 0.5) is 0 Å². The smallest absolute Gasteiger partial charge is 0.0442 e. The normalized spacial score (nSPS) is 11.3. The number of aliphatic hydroxyl groups is 2. The lowest BCUT2D eigenvalue weighted by Gasteiger charge is -2.22. The highest BCUT2D eigenvalue weighted by Gasteiger charge is 2.39. The van der Waals surface area contributed by atoms with Gasteiger partial charge in [-0.15, -0.1) is 13.2 Å². The minimum absolute atomic E-state index is 0.344. The Kier molecular flexibility index (Phi) is 127. The zero-order valence-electron chi connectivity index (χ0n) is 43.4. The summed E-state index contributed by atoms with van der Waals surface area (Å²) in [5.74, 6) is 1.43. The Bertz CT molecular complexity index is 521. The maximum atomic E-state index is 8.07. The van der Waals surface area contributed by atoms with E-state index in [1.807, 2.05) is 75.3 Å². The molecule has 0 aromatic rings. The average Bonchev–Trinajstić information content (AvgIpc) is 3.91. The number of nitrogens with zero attached hydrogens (tertiary/aromatic N) is 1. The highest BCUT2D eigenvalue weighted by Crippen LogP contribution is 2.52. The molecular weight excluding hydrogens is 659 g/mol. The van der Waals surface area contributed by atoms with E-state index in [0.717, 1.165) is 37.8 Å².